The van der Waals surface area contributed by atoms with Gasteiger partial charge in [0.1, 0.15) is 24.8 Å². The summed E-state index contributed by atoms with van der Waals surface area (Å²) >= 11 is 7.94. The van der Waals surface area contributed by atoms with Gasteiger partial charge in [-0.05, 0) is 29.8 Å². The normalized spacial score (nSPS) is 12.5. The third-order valence-corrected chi connectivity index (χ3v) is 5.49. The Hall–Kier alpha value is -2.91. The summed E-state index contributed by atoms with van der Waals surface area (Å²) in [6, 6.07) is 11.3. The fourth-order valence-corrected chi connectivity index (χ4v) is 4.04. The Morgan fingerprint density at radius 1 is 1.13 bits per heavy atom. The van der Waals surface area contributed by atoms with Crippen molar-refractivity contribution in [2.45, 2.75) is 11.5 Å². The first-order valence-corrected chi connectivity index (χ1v) is 10.7. The maximum atomic E-state index is 6.30. The van der Waals surface area contributed by atoms with Crippen LogP contribution in [0.15, 0.2) is 36.4 Å². The summed E-state index contributed by atoms with van der Waals surface area (Å²) in [5, 5.41) is 3.68. The van der Waals surface area contributed by atoms with E-state index in [1.165, 1.54) is 0 Å². The lowest BCUT2D eigenvalue weighted by Crippen LogP contribution is -2.15. The molecule has 0 radical (unpaired) electrons. The summed E-state index contributed by atoms with van der Waals surface area (Å²) in [5.41, 5.74) is 7.65. The number of thioether (sulfide) groups is 1. The van der Waals surface area contributed by atoms with Crippen LogP contribution in [0.4, 0.5) is 17.6 Å². The summed E-state index contributed by atoms with van der Waals surface area (Å²) in [6.45, 7) is 1.03. The van der Waals surface area contributed by atoms with Gasteiger partial charge in [-0.1, -0.05) is 23.7 Å². The van der Waals surface area contributed by atoms with Gasteiger partial charge in [0, 0.05) is 5.75 Å². The number of methoxy groups -OCH3 is 1. The number of nitrogens with zero attached hydrogens (tertiary/aromatic N) is 3. The van der Waals surface area contributed by atoms with E-state index in [2.05, 4.69) is 20.3 Å². The molecule has 2 heterocycles. The molecule has 0 unspecified atom stereocenters. The van der Waals surface area contributed by atoms with E-state index in [4.69, 9.17) is 31.5 Å². The fourth-order valence-electron chi connectivity index (χ4n) is 2.93. The third-order valence-electron chi connectivity index (χ3n) is 4.21. The molecule has 1 aromatic heterocycles. The van der Waals surface area contributed by atoms with Crippen molar-refractivity contribution in [1.82, 2.24) is 15.0 Å². The highest BCUT2D eigenvalue weighted by Crippen LogP contribution is 2.39. The summed E-state index contributed by atoms with van der Waals surface area (Å²) in [6.07, 6.45) is 0. The summed E-state index contributed by atoms with van der Waals surface area (Å²) in [5.74, 6) is 4.32. The van der Waals surface area contributed by atoms with E-state index in [0.717, 1.165) is 11.3 Å². The molecule has 0 spiro atoms. The van der Waals surface area contributed by atoms with Crippen LogP contribution in [0.3, 0.4) is 0 Å². The molecule has 30 heavy (non-hydrogen) atoms. The molecule has 3 N–H and O–H groups in total. The zero-order valence-electron chi connectivity index (χ0n) is 16.2. The number of nitrogen functional groups attached to an aromatic ring is 1. The van der Waals surface area contributed by atoms with Gasteiger partial charge in [0.25, 0.3) is 0 Å². The van der Waals surface area contributed by atoms with E-state index in [1.54, 1.807) is 18.9 Å². The molecule has 156 valence electrons. The number of benzene rings is 2. The van der Waals surface area contributed by atoms with Gasteiger partial charge in [-0.25, -0.2) is 0 Å². The quantitative estimate of drug-likeness (QED) is 0.556. The van der Waals surface area contributed by atoms with Crippen LogP contribution < -0.4 is 25.3 Å². The lowest BCUT2D eigenvalue weighted by atomic mass is 10.2. The second-order valence-corrected chi connectivity index (χ2v) is 7.75. The van der Waals surface area contributed by atoms with Gasteiger partial charge in [0.2, 0.25) is 11.9 Å². The van der Waals surface area contributed by atoms with E-state index < -0.39 is 0 Å². The maximum absolute atomic E-state index is 6.30. The number of rotatable bonds is 7. The first-order valence-electron chi connectivity index (χ1n) is 9.18. The minimum absolute atomic E-state index is 0.153. The highest BCUT2D eigenvalue weighted by Gasteiger charge is 2.17. The van der Waals surface area contributed by atoms with Crippen LogP contribution >= 0.6 is 23.4 Å². The first kappa shape index (κ1) is 20.4. The topological polar surface area (TPSA) is 104 Å². The summed E-state index contributed by atoms with van der Waals surface area (Å²) < 4.78 is 16.5. The summed E-state index contributed by atoms with van der Waals surface area (Å²) in [4.78, 5) is 12.9. The zero-order valence-corrected chi connectivity index (χ0v) is 17.8. The molecule has 0 amide bonds. The van der Waals surface area contributed by atoms with Crippen LogP contribution in [-0.4, -0.2) is 35.3 Å². The Bertz CT molecular complexity index is 1050. The Kier molecular flexibility index (Phi) is 6.29. The second kappa shape index (κ2) is 9.27. The SMILES string of the molecule is COc1ccccc1Nc1nc(N)nc(CSCc2cc(Cl)c3c(c2)OCCO3)n1. The number of anilines is 3. The van der Waals surface area contributed by atoms with E-state index in [0.29, 0.717) is 58.8 Å². The molecule has 0 bridgehead atoms. The third kappa shape index (κ3) is 4.80. The van der Waals surface area contributed by atoms with E-state index in [-0.39, 0.29) is 5.95 Å². The van der Waals surface area contributed by atoms with Crippen molar-refractivity contribution in [3.8, 4) is 17.2 Å². The molecule has 3 aromatic rings. The predicted molar refractivity (Wildman–Crippen MR) is 118 cm³/mol. The number of halogens is 1. The van der Waals surface area contributed by atoms with Crippen molar-refractivity contribution in [3.05, 3.63) is 52.8 Å². The largest absolute Gasteiger partial charge is 0.495 e. The molecule has 0 aliphatic carbocycles. The molecule has 1 aliphatic heterocycles. The molecule has 0 saturated carbocycles. The smallest absolute Gasteiger partial charge is 0.232 e. The number of nitrogens with two attached hydrogens (primary N) is 1. The Labute approximate surface area is 183 Å². The number of ether oxygens (including phenoxy) is 3. The molecule has 0 atom stereocenters. The van der Waals surface area contributed by atoms with E-state index >= 15 is 0 Å². The van der Waals surface area contributed by atoms with Crippen LogP contribution in [0.5, 0.6) is 17.2 Å². The molecule has 8 nitrogen and oxygen atoms in total. The van der Waals surface area contributed by atoms with Crippen LogP contribution in [0, 0.1) is 0 Å². The van der Waals surface area contributed by atoms with Crippen LogP contribution in [0.1, 0.15) is 11.4 Å². The van der Waals surface area contributed by atoms with Crippen molar-refractivity contribution in [3.63, 3.8) is 0 Å². The molecule has 0 fully saturated rings. The van der Waals surface area contributed by atoms with Crippen molar-refractivity contribution < 1.29 is 14.2 Å². The van der Waals surface area contributed by atoms with Crippen LogP contribution in [-0.2, 0) is 11.5 Å². The summed E-state index contributed by atoms with van der Waals surface area (Å²) in [7, 11) is 1.61. The van der Waals surface area contributed by atoms with Gasteiger partial charge in [0.05, 0.1) is 23.6 Å². The van der Waals surface area contributed by atoms with Gasteiger partial charge >= 0.3 is 0 Å². The van der Waals surface area contributed by atoms with E-state index in [9.17, 15) is 0 Å². The lowest BCUT2D eigenvalue weighted by molar-refractivity contribution is 0.171. The molecule has 1 aliphatic rings. The maximum Gasteiger partial charge on any atom is 0.232 e. The fraction of sp³-hybridized carbons (Fsp3) is 0.250. The monoisotopic (exact) mass is 445 g/mol. The van der Waals surface area contributed by atoms with Gasteiger partial charge in [-0.2, -0.15) is 15.0 Å². The molecule has 2 aromatic carbocycles. The Balaban J connectivity index is 1.42. The number of aromatic nitrogens is 3. The molecular weight excluding hydrogens is 426 g/mol. The van der Waals surface area contributed by atoms with Crippen molar-refractivity contribution in [2.24, 2.45) is 0 Å². The van der Waals surface area contributed by atoms with Crippen LogP contribution in [0.25, 0.3) is 0 Å². The predicted octanol–water partition coefficient (Wildman–Crippen LogP) is 4.06. The Morgan fingerprint density at radius 2 is 1.97 bits per heavy atom. The van der Waals surface area contributed by atoms with Gasteiger partial charge in [-0.3, -0.25) is 0 Å². The molecular formula is C20H20ClN5O3S. The highest BCUT2D eigenvalue weighted by atomic mass is 35.5. The number of para-hydroxylation sites is 2. The van der Waals surface area contributed by atoms with Gasteiger partial charge in [-0.15, -0.1) is 11.8 Å². The van der Waals surface area contributed by atoms with Gasteiger partial charge < -0.3 is 25.3 Å². The first-order chi connectivity index (χ1) is 14.6. The second-order valence-electron chi connectivity index (χ2n) is 6.35. The lowest BCUT2D eigenvalue weighted by Gasteiger charge is -2.20. The zero-order chi connectivity index (χ0) is 20.9. The van der Waals surface area contributed by atoms with E-state index in [1.807, 2.05) is 36.4 Å². The average Bonchev–Trinajstić information content (AvgIpc) is 2.74. The number of fused-ring (bicyclic) bond motifs is 1. The molecule has 4 rings (SSSR count). The average molecular weight is 446 g/mol. The highest BCUT2D eigenvalue weighted by molar-refractivity contribution is 7.97. The number of hydrogen-bond acceptors (Lipinski definition) is 9. The number of nitrogens with one attached hydrogen (secondary N) is 1. The van der Waals surface area contributed by atoms with Gasteiger partial charge in [0.15, 0.2) is 11.5 Å². The minimum atomic E-state index is 0.153. The van der Waals surface area contributed by atoms with Crippen molar-refractivity contribution in [2.75, 3.05) is 31.4 Å². The van der Waals surface area contributed by atoms with Crippen molar-refractivity contribution >= 4 is 40.9 Å². The molecule has 0 saturated heterocycles. The molecule has 10 heteroatoms. The van der Waals surface area contributed by atoms with Crippen LogP contribution in [0.2, 0.25) is 5.02 Å². The van der Waals surface area contributed by atoms with Crippen molar-refractivity contribution in [1.29, 1.82) is 0 Å². The number of hydrogen-bond donors (Lipinski definition) is 2. The standard InChI is InChI=1S/C20H20ClN5O3S/c1-27-15-5-3-2-4-14(15)23-20-25-17(24-19(22)26-20)11-30-10-12-8-13(21)18-16(9-12)28-6-7-29-18/h2-5,8-9H,6-7,10-11H2,1H3,(H3,22,23,24,25,26). The minimum Gasteiger partial charge on any atom is -0.495 e. The Morgan fingerprint density at radius 3 is 2.83 bits per heavy atom.